The van der Waals surface area contributed by atoms with E-state index in [1.807, 2.05) is 36.0 Å². The number of carbonyl (C=O) groups is 1. The van der Waals surface area contributed by atoms with Crippen LogP contribution in [0.1, 0.15) is 23.7 Å². The zero-order valence-electron chi connectivity index (χ0n) is 7.53. The zero-order chi connectivity index (χ0) is 9.68. The molecule has 0 amide bonds. The molecule has 13 heavy (non-hydrogen) atoms. The van der Waals surface area contributed by atoms with Crippen molar-refractivity contribution in [2.75, 3.05) is 0 Å². The second kappa shape index (κ2) is 4.87. The lowest BCUT2D eigenvalue weighted by Crippen LogP contribution is -1.95. The minimum Gasteiger partial charge on any atom is -0.350 e. The van der Waals surface area contributed by atoms with E-state index in [-0.39, 0.29) is 5.78 Å². The third-order valence-electron chi connectivity index (χ3n) is 1.80. The lowest BCUT2D eigenvalue weighted by atomic mass is 10.2. The van der Waals surface area contributed by atoms with E-state index in [1.54, 1.807) is 0 Å². The van der Waals surface area contributed by atoms with Crippen LogP contribution in [0.15, 0.2) is 30.1 Å². The van der Waals surface area contributed by atoms with Crippen molar-refractivity contribution in [3.8, 4) is 0 Å². The summed E-state index contributed by atoms with van der Waals surface area (Å²) in [5.41, 5.74) is 2.24. The van der Waals surface area contributed by atoms with Gasteiger partial charge in [0, 0.05) is 36.5 Å². The van der Waals surface area contributed by atoms with Crippen molar-refractivity contribution in [1.82, 2.24) is 4.57 Å². The Labute approximate surface area is 82.8 Å². The van der Waals surface area contributed by atoms with Crippen LogP contribution < -0.4 is 0 Å². The molecule has 0 radical (unpaired) electrons. The Morgan fingerprint density at radius 2 is 2.46 bits per heavy atom. The van der Waals surface area contributed by atoms with E-state index >= 15 is 0 Å². The lowest BCUT2D eigenvalue weighted by Gasteiger charge is -1.94. The molecule has 2 nitrogen and oxygen atoms in total. The number of carbonyl (C=O) groups excluding carboxylic acids is 1. The third-order valence-corrected chi connectivity index (χ3v) is 1.98. The normalized spacial score (nSPS) is 10.9. The molecule has 1 rings (SSSR count). The van der Waals surface area contributed by atoms with Gasteiger partial charge >= 0.3 is 0 Å². The highest BCUT2D eigenvalue weighted by Crippen LogP contribution is 2.04. The molecule has 3 heteroatoms. The quantitative estimate of drug-likeness (QED) is 0.681. The highest BCUT2D eigenvalue weighted by molar-refractivity contribution is 6.25. The largest absolute Gasteiger partial charge is 0.350 e. The number of allylic oxidation sites excluding steroid dienone is 1. The van der Waals surface area contributed by atoms with E-state index in [1.165, 1.54) is 5.54 Å². The third kappa shape index (κ3) is 2.74. The number of hydrogen-bond donors (Lipinski definition) is 0. The highest BCUT2D eigenvalue weighted by atomic mass is 35.5. The van der Waals surface area contributed by atoms with Gasteiger partial charge in [0.05, 0.1) is 0 Å². The SMILES string of the molecule is CCC(=O)c1ccn(CC=CCl)c1. The second-order valence-electron chi connectivity index (χ2n) is 2.74. The summed E-state index contributed by atoms with van der Waals surface area (Å²) >= 11 is 5.39. The van der Waals surface area contributed by atoms with Crippen LogP contribution in [0.4, 0.5) is 0 Å². The Kier molecular flexibility index (Phi) is 3.77. The van der Waals surface area contributed by atoms with Gasteiger partial charge in [0.15, 0.2) is 5.78 Å². The Balaban J connectivity index is 2.68. The second-order valence-corrected chi connectivity index (χ2v) is 2.99. The van der Waals surface area contributed by atoms with Gasteiger partial charge in [-0.3, -0.25) is 4.79 Å². The summed E-state index contributed by atoms with van der Waals surface area (Å²) in [5, 5.41) is 0. The molecule has 0 aliphatic heterocycles. The Bertz CT molecular complexity index is 314. The van der Waals surface area contributed by atoms with Crippen molar-refractivity contribution >= 4 is 17.4 Å². The smallest absolute Gasteiger partial charge is 0.164 e. The van der Waals surface area contributed by atoms with Gasteiger partial charge in [0.2, 0.25) is 0 Å². The molecular weight excluding hydrogens is 186 g/mol. The molecule has 0 saturated carbocycles. The fraction of sp³-hybridized carbons (Fsp3) is 0.300. The molecule has 0 N–H and O–H groups in total. The molecular formula is C10H12ClNO. The Hall–Kier alpha value is -1.02. The first-order chi connectivity index (χ1) is 6.27. The number of halogens is 1. The number of hydrogen-bond acceptors (Lipinski definition) is 1. The molecule has 0 atom stereocenters. The van der Waals surface area contributed by atoms with Gasteiger partial charge in [-0.2, -0.15) is 0 Å². The van der Waals surface area contributed by atoms with Crippen LogP contribution in [-0.2, 0) is 6.54 Å². The van der Waals surface area contributed by atoms with Gasteiger partial charge < -0.3 is 4.57 Å². The topological polar surface area (TPSA) is 22.0 Å². The molecule has 0 spiro atoms. The first-order valence-electron chi connectivity index (χ1n) is 4.22. The minimum absolute atomic E-state index is 0.175. The fourth-order valence-electron chi connectivity index (χ4n) is 1.08. The molecule has 70 valence electrons. The minimum atomic E-state index is 0.175. The summed E-state index contributed by atoms with van der Waals surface area (Å²) in [4.78, 5) is 11.2. The predicted molar refractivity (Wildman–Crippen MR) is 54.0 cm³/mol. The summed E-state index contributed by atoms with van der Waals surface area (Å²) in [6.45, 7) is 2.57. The van der Waals surface area contributed by atoms with Crippen LogP contribution >= 0.6 is 11.6 Å². The maximum Gasteiger partial charge on any atom is 0.164 e. The molecule has 0 aromatic carbocycles. The predicted octanol–water partition coefficient (Wildman–Crippen LogP) is 2.83. The van der Waals surface area contributed by atoms with Gasteiger partial charge in [-0.05, 0) is 6.07 Å². The lowest BCUT2D eigenvalue weighted by molar-refractivity contribution is 0.0988. The standard InChI is InChI=1S/C10H12ClNO/c1-2-10(13)9-4-7-12(8-9)6-3-5-11/h3-5,7-8H,2,6H2,1H3. The van der Waals surface area contributed by atoms with Gasteiger partial charge in [-0.25, -0.2) is 0 Å². The molecule has 1 heterocycles. The molecule has 0 bridgehead atoms. The monoisotopic (exact) mass is 197 g/mol. The highest BCUT2D eigenvalue weighted by Gasteiger charge is 2.03. The molecule has 0 aliphatic carbocycles. The first-order valence-corrected chi connectivity index (χ1v) is 4.65. The van der Waals surface area contributed by atoms with E-state index in [9.17, 15) is 4.79 Å². The number of rotatable bonds is 4. The van der Waals surface area contributed by atoms with Crippen LogP contribution in [0.2, 0.25) is 0 Å². The molecule has 0 fully saturated rings. The maximum absolute atomic E-state index is 11.2. The van der Waals surface area contributed by atoms with Crippen LogP contribution in [0, 0.1) is 0 Å². The molecule has 1 aromatic heterocycles. The van der Waals surface area contributed by atoms with Crippen LogP contribution in [0.25, 0.3) is 0 Å². The summed E-state index contributed by atoms with van der Waals surface area (Å²) in [6.07, 6.45) is 6.08. The van der Waals surface area contributed by atoms with Crippen molar-refractivity contribution in [3.63, 3.8) is 0 Å². The van der Waals surface area contributed by atoms with Crippen molar-refractivity contribution in [3.05, 3.63) is 35.6 Å². The average Bonchev–Trinajstić information content (AvgIpc) is 2.62. The van der Waals surface area contributed by atoms with Crippen molar-refractivity contribution in [2.45, 2.75) is 19.9 Å². The number of nitrogens with zero attached hydrogens (tertiary/aromatic N) is 1. The molecule has 0 saturated heterocycles. The van der Waals surface area contributed by atoms with E-state index in [0.717, 1.165) is 5.56 Å². The summed E-state index contributed by atoms with van der Waals surface area (Å²) in [6, 6.07) is 1.83. The van der Waals surface area contributed by atoms with Crippen molar-refractivity contribution in [1.29, 1.82) is 0 Å². The van der Waals surface area contributed by atoms with Gasteiger partial charge in [0.25, 0.3) is 0 Å². The van der Waals surface area contributed by atoms with Gasteiger partial charge in [-0.1, -0.05) is 24.6 Å². The number of Topliss-reactive ketones (excluding diaryl/α,β-unsaturated/α-hetero) is 1. The first kappa shape index (κ1) is 10.1. The van der Waals surface area contributed by atoms with E-state index < -0.39 is 0 Å². The van der Waals surface area contributed by atoms with Gasteiger partial charge in [-0.15, -0.1) is 0 Å². The Morgan fingerprint density at radius 1 is 1.69 bits per heavy atom. The van der Waals surface area contributed by atoms with Crippen molar-refractivity contribution in [2.24, 2.45) is 0 Å². The summed E-state index contributed by atoms with van der Waals surface area (Å²) in [7, 11) is 0. The van der Waals surface area contributed by atoms with Crippen molar-refractivity contribution < 1.29 is 4.79 Å². The van der Waals surface area contributed by atoms with Gasteiger partial charge in [0.1, 0.15) is 0 Å². The Morgan fingerprint density at radius 3 is 3.08 bits per heavy atom. The molecule has 1 aromatic rings. The van der Waals surface area contributed by atoms with E-state index in [4.69, 9.17) is 11.6 Å². The zero-order valence-corrected chi connectivity index (χ0v) is 8.29. The molecule has 0 unspecified atom stereocenters. The maximum atomic E-state index is 11.2. The average molecular weight is 198 g/mol. The van der Waals surface area contributed by atoms with Crippen LogP contribution in [0.5, 0.6) is 0 Å². The van der Waals surface area contributed by atoms with Crippen LogP contribution in [-0.4, -0.2) is 10.4 Å². The van der Waals surface area contributed by atoms with E-state index in [2.05, 4.69) is 0 Å². The number of aromatic nitrogens is 1. The number of ketones is 1. The summed E-state index contributed by atoms with van der Waals surface area (Å²) in [5.74, 6) is 0.175. The fourth-order valence-corrected chi connectivity index (χ4v) is 1.16. The van der Waals surface area contributed by atoms with E-state index in [0.29, 0.717) is 13.0 Å². The molecule has 0 aliphatic rings. The van der Waals surface area contributed by atoms with Crippen LogP contribution in [0.3, 0.4) is 0 Å². The summed E-state index contributed by atoms with van der Waals surface area (Å²) < 4.78 is 1.92.